The summed E-state index contributed by atoms with van der Waals surface area (Å²) in [5, 5.41) is 15.4. The van der Waals surface area contributed by atoms with Crippen LogP contribution in [0, 0.1) is 11.3 Å². The summed E-state index contributed by atoms with van der Waals surface area (Å²) in [6.45, 7) is 12.0. The minimum atomic E-state index is -1.00. The van der Waals surface area contributed by atoms with Crippen molar-refractivity contribution in [2.75, 3.05) is 13.6 Å². The van der Waals surface area contributed by atoms with Crippen LogP contribution in [0.3, 0.4) is 0 Å². The van der Waals surface area contributed by atoms with Crippen LogP contribution in [-0.4, -0.2) is 59.5 Å². The van der Waals surface area contributed by atoms with Crippen LogP contribution < -0.4 is 10.6 Å². The Morgan fingerprint density at radius 2 is 1.82 bits per heavy atom. The van der Waals surface area contributed by atoms with Gasteiger partial charge in [-0.2, -0.15) is 0 Å². The molecule has 3 N–H and O–H groups in total. The van der Waals surface area contributed by atoms with Crippen LogP contribution in [0.4, 0.5) is 0 Å². The minimum absolute atomic E-state index is 0.0274. The lowest BCUT2D eigenvalue weighted by Crippen LogP contribution is -2.59. The Hall–Kier alpha value is -1.89. The van der Waals surface area contributed by atoms with Crippen molar-refractivity contribution in [3.63, 3.8) is 0 Å². The number of nitrogens with one attached hydrogen (secondary N) is 2. The predicted octanol–water partition coefficient (Wildman–Crippen LogP) is 2.17. The first-order chi connectivity index (χ1) is 12.9. The highest BCUT2D eigenvalue weighted by Gasteiger charge is 2.38. The Morgan fingerprint density at radius 3 is 2.25 bits per heavy atom. The summed E-state index contributed by atoms with van der Waals surface area (Å²) in [6.07, 6.45) is 4.42. The molecule has 0 aromatic rings. The van der Waals surface area contributed by atoms with Gasteiger partial charge in [0.05, 0.1) is 12.1 Å². The zero-order chi connectivity index (χ0) is 21.6. The van der Waals surface area contributed by atoms with E-state index in [4.69, 9.17) is 0 Å². The van der Waals surface area contributed by atoms with Crippen molar-refractivity contribution in [2.45, 2.75) is 78.9 Å². The van der Waals surface area contributed by atoms with E-state index in [0.29, 0.717) is 0 Å². The van der Waals surface area contributed by atoms with E-state index in [2.05, 4.69) is 10.6 Å². The summed E-state index contributed by atoms with van der Waals surface area (Å²) in [7, 11) is 1.67. The fourth-order valence-corrected chi connectivity index (χ4v) is 3.40. The number of likely N-dealkylation sites (N-methyl/N-ethyl adjacent to an activating group) is 1. The Labute approximate surface area is 168 Å². The monoisotopic (exact) mass is 395 g/mol. The first kappa shape index (κ1) is 24.1. The van der Waals surface area contributed by atoms with Crippen molar-refractivity contribution in [3.05, 3.63) is 11.6 Å². The maximum atomic E-state index is 13.3. The number of amides is 2. The molecular weight excluding hydrogens is 358 g/mol. The lowest BCUT2D eigenvalue weighted by molar-refractivity contribution is -0.140. The van der Waals surface area contributed by atoms with Crippen molar-refractivity contribution in [1.82, 2.24) is 15.5 Å². The first-order valence-electron chi connectivity index (χ1n) is 10.1. The van der Waals surface area contributed by atoms with E-state index in [0.717, 1.165) is 25.8 Å². The first-order valence-corrected chi connectivity index (χ1v) is 10.1. The molecule has 1 aliphatic heterocycles. The van der Waals surface area contributed by atoms with Crippen LogP contribution in [-0.2, 0) is 14.4 Å². The molecule has 0 aromatic heterocycles. The summed E-state index contributed by atoms with van der Waals surface area (Å²) in [6, 6.07) is -1.35. The zero-order valence-corrected chi connectivity index (χ0v) is 18.3. The second-order valence-corrected chi connectivity index (χ2v) is 9.15. The van der Waals surface area contributed by atoms with Crippen molar-refractivity contribution in [1.29, 1.82) is 0 Å². The largest absolute Gasteiger partial charge is 0.478 e. The molecule has 0 radical (unpaired) electrons. The van der Waals surface area contributed by atoms with Crippen LogP contribution in [0.2, 0.25) is 0 Å². The molecule has 1 heterocycles. The average molecular weight is 396 g/mol. The van der Waals surface area contributed by atoms with Gasteiger partial charge in [0.2, 0.25) is 11.8 Å². The molecule has 0 saturated carbocycles. The molecule has 0 aromatic carbocycles. The fraction of sp³-hybridized carbons (Fsp3) is 0.762. The molecule has 28 heavy (non-hydrogen) atoms. The molecule has 1 saturated heterocycles. The highest BCUT2D eigenvalue weighted by atomic mass is 16.4. The molecule has 1 aliphatic rings. The van der Waals surface area contributed by atoms with E-state index in [1.54, 1.807) is 18.0 Å². The molecule has 1 rings (SSSR count). The quantitative estimate of drug-likeness (QED) is 0.574. The molecular formula is C21H37N3O4. The van der Waals surface area contributed by atoms with Crippen LogP contribution in [0.25, 0.3) is 0 Å². The third-order valence-corrected chi connectivity index (χ3v) is 5.26. The summed E-state index contributed by atoms with van der Waals surface area (Å²) in [4.78, 5) is 38.8. The van der Waals surface area contributed by atoms with E-state index in [1.807, 2.05) is 34.6 Å². The van der Waals surface area contributed by atoms with Crippen molar-refractivity contribution >= 4 is 17.8 Å². The normalized spacial score (nSPS) is 20.4. The van der Waals surface area contributed by atoms with Crippen LogP contribution in [0.1, 0.15) is 60.8 Å². The van der Waals surface area contributed by atoms with Crippen molar-refractivity contribution in [3.8, 4) is 0 Å². The van der Waals surface area contributed by atoms with Crippen molar-refractivity contribution in [2.24, 2.45) is 11.3 Å². The number of hydrogen-bond donors (Lipinski definition) is 3. The van der Waals surface area contributed by atoms with Gasteiger partial charge in [-0.1, -0.05) is 47.1 Å². The third kappa shape index (κ3) is 6.62. The molecule has 160 valence electrons. The standard InChI is InChI=1S/C21H37N3O4/c1-13(2)16(12-14(3)20(27)28)24(7)19(26)17(21(4,5)6)23-18(25)15-10-8-9-11-22-15/h12-13,15-17,22H,8-11H2,1-7H3,(H,23,25)(H,27,28)/b14-12+/t15-,16+,17+/m0/s1. The van der Waals surface area contributed by atoms with Gasteiger partial charge in [-0.05, 0) is 37.6 Å². The van der Waals surface area contributed by atoms with Gasteiger partial charge in [-0.3, -0.25) is 9.59 Å². The Bertz CT molecular complexity index is 601. The maximum absolute atomic E-state index is 13.3. The molecule has 7 heteroatoms. The second kappa shape index (κ2) is 10.0. The van der Waals surface area contributed by atoms with E-state index in [1.165, 1.54) is 6.92 Å². The minimum Gasteiger partial charge on any atom is -0.478 e. The zero-order valence-electron chi connectivity index (χ0n) is 18.3. The van der Waals surface area contributed by atoms with Gasteiger partial charge in [0.1, 0.15) is 6.04 Å². The molecule has 0 bridgehead atoms. The summed E-state index contributed by atoms with van der Waals surface area (Å²) in [5.41, 5.74) is -0.288. The SMILES string of the molecule is C/C(=C\[C@H](C(C)C)N(C)C(=O)[C@@H](NC(=O)[C@@H]1CCCCN1)C(C)(C)C)C(=O)O. The second-order valence-electron chi connectivity index (χ2n) is 9.15. The van der Waals surface area contributed by atoms with Gasteiger partial charge in [0.15, 0.2) is 0 Å². The Morgan fingerprint density at radius 1 is 1.21 bits per heavy atom. The van der Waals surface area contributed by atoms with Crippen LogP contribution in [0.15, 0.2) is 11.6 Å². The molecule has 0 unspecified atom stereocenters. The van der Waals surface area contributed by atoms with E-state index < -0.39 is 17.4 Å². The van der Waals surface area contributed by atoms with Gasteiger partial charge >= 0.3 is 5.97 Å². The van der Waals surface area contributed by atoms with E-state index in [-0.39, 0.29) is 35.4 Å². The van der Waals surface area contributed by atoms with E-state index in [9.17, 15) is 19.5 Å². The van der Waals surface area contributed by atoms with Gasteiger partial charge in [-0.15, -0.1) is 0 Å². The van der Waals surface area contributed by atoms with Gasteiger partial charge in [0.25, 0.3) is 0 Å². The molecule has 1 fully saturated rings. The lowest BCUT2D eigenvalue weighted by atomic mass is 9.84. The third-order valence-electron chi connectivity index (χ3n) is 5.26. The molecule has 3 atom stereocenters. The van der Waals surface area contributed by atoms with Gasteiger partial charge < -0.3 is 20.6 Å². The van der Waals surface area contributed by atoms with Gasteiger partial charge in [-0.25, -0.2) is 4.79 Å². The Kier molecular flexibility index (Phi) is 8.67. The smallest absolute Gasteiger partial charge is 0.331 e. The average Bonchev–Trinajstić information content (AvgIpc) is 2.61. The highest BCUT2D eigenvalue weighted by molar-refractivity contribution is 5.91. The number of carbonyl (C=O) groups is 3. The summed E-state index contributed by atoms with van der Waals surface area (Å²) >= 11 is 0. The summed E-state index contributed by atoms with van der Waals surface area (Å²) in [5.74, 6) is -1.35. The number of piperidine rings is 1. The maximum Gasteiger partial charge on any atom is 0.331 e. The van der Waals surface area contributed by atoms with Gasteiger partial charge in [0, 0.05) is 12.6 Å². The number of rotatable bonds is 7. The van der Waals surface area contributed by atoms with Crippen LogP contribution in [0.5, 0.6) is 0 Å². The number of aliphatic carboxylic acids is 1. The molecule has 0 spiro atoms. The molecule has 7 nitrogen and oxygen atoms in total. The number of carboxylic acid groups (broad SMARTS) is 1. The fourth-order valence-electron chi connectivity index (χ4n) is 3.40. The molecule has 2 amide bonds. The predicted molar refractivity (Wildman–Crippen MR) is 110 cm³/mol. The number of hydrogen-bond acceptors (Lipinski definition) is 4. The summed E-state index contributed by atoms with van der Waals surface area (Å²) < 4.78 is 0. The van der Waals surface area contributed by atoms with Crippen molar-refractivity contribution < 1.29 is 19.5 Å². The lowest BCUT2D eigenvalue weighted by Gasteiger charge is -2.38. The Balaban J connectivity index is 3.05. The number of carbonyl (C=O) groups excluding carboxylic acids is 2. The van der Waals surface area contributed by atoms with E-state index >= 15 is 0 Å². The highest BCUT2D eigenvalue weighted by Crippen LogP contribution is 2.24. The number of carboxylic acids is 1. The molecule has 0 aliphatic carbocycles. The topological polar surface area (TPSA) is 98.7 Å². The number of nitrogens with zero attached hydrogens (tertiary/aromatic N) is 1. The van der Waals surface area contributed by atoms with Crippen LogP contribution >= 0.6 is 0 Å².